The van der Waals surface area contributed by atoms with Crippen LogP contribution in [0.25, 0.3) is 0 Å². The molecule has 0 aromatic heterocycles. The van der Waals surface area contributed by atoms with Crippen LogP contribution in [0.5, 0.6) is 5.75 Å². The van der Waals surface area contributed by atoms with Crippen molar-refractivity contribution in [1.82, 2.24) is 0 Å². The highest BCUT2D eigenvalue weighted by Crippen LogP contribution is 2.34. The van der Waals surface area contributed by atoms with Crippen LogP contribution in [0.1, 0.15) is 70.1 Å². The Labute approximate surface area is 123 Å². The van der Waals surface area contributed by atoms with Gasteiger partial charge in [-0.05, 0) is 30.0 Å². The number of rotatable bonds is 3. The second-order valence-electron chi connectivity index (χ2n) is 5.05. The van der Waals surface area contributed by atoms with Gasteiger partial charge in [0.1, 0.15) is 11.5 Å². The van der Waals surface area contributed by atoms with Gasteiger partial charge >= 0.3 is 0 Å². The van der Waals surface area contributed by atoms with Crippen LogP contribution < -0.4 is 4.74 Å². The lowest BCUT2D eigenvalue weighted by Gasteiger charge is -2.16. The minimum Gasteiger partial charge on any atom is -0.493 e. The molecule has 1 unspecified atom stereocenters. The van der Waals surface area contributed by atoms with E-state index in [1.807, 2.05) is 20.8 Å². The topological polar surface area (TPSA) is 26.3 Å². The molecule has 0 bridgehead atoms. The Morgan fingerprint density at radius 1 is 1.20 bits per heavy atom. The summed E-state index contributed by atoms with van der Waals surface area (Å²) >= 11 is 0. The van der Waals surface area contributed by atoms with Crippen LogP contribution in [0.2, 0.25) is 0 Å². The maximum Gasteiger partial charge on any atom is 0.143 e. The third kappa shape index (κ3) is 3.62. The highest BCUT2D eigenvalue weighted by atomic mass is 16.5. The molecule has 0 fully saturated rings. The van der Waals surface area contributed by atoms with Crippen LogP contribution in [-0.4, -0.2) is 12.4 Å². The van der Waals surface area contributed by atoms with Crippen LogP contribution in [0.15, 0.2) is 12.1 Å². The molecule has 2 heteroatoms. The Kier molecular flexibility index (Phi) is 6.77. The predicted octanol–water partition coefficient (Wildman–Crippen LogP) is 4.68. The average molecular weight is 276 g/mol. The van der Waals surface area contributed by atoms with Crippen molar-refractivity contribution in [2.45, 2.75) is 66.2 Å². The standard InChI is InChI=1S/C16H22O2.C2H6/c1-4-6-13-9-14-11(3)15(17)7-8-18-16(14)10-12(13)5-2;1-2/h9-11H,4-8H2,1-3H3;1-2H3. The SMILES string of the molecule is CC.CCCc1cc2c(cc1CC)OCCC(=O)C2C. The smallest absolute Gasteiger partial charge is 0.143 e. The lowest BCUT2D eigenvalue weighted by Crippen LogP contribution is -2.08. The first-order valence-electron chi connectivity index (χ1n) is 7.98. The zero-order valence-electron chi connectivity index (χ0n) is 13.6. The maximum absolute atomic E-state index is 11.9. The van der Waals surface area contributed by atoms with E-state index < -0.39 is 0 Å². The molecule has 1 aromatic carbocycles. The van der Waals surface area contributed by atoms with Crippen molar-refractivity contribution in [3.05, 3.63) is 28.8 Å². The molecule has 2 rings (SSSR count). The minimum absolute atomic E-state index is 0.0241. The molecular formula is C18H28O2. The molecular weight excluding hydrogens is 248 g/mol. The van der Waals surface area contributed by atoms with Gasteiger partial charge in [0.2, 0.25) is 0 Å². The van der Waals surface area contributed by atoms with Crippen molar-refractivity contribution in [2.24, 2.45) is 0 Å². The summed E-state index contributed by atoms with van der Waals surface area (Å²) in [6.07, 6.45) is 3.76. The molecule has 0 saturated heterocycles. The van der Waals surface area contributed by atoms with E-state index in [9.17, 15) is 4.79 Å². The van der Waals surface area contributed by atoms with Crippen molar-refractivity contribution in [3.63, 3.8) is 0 Å². The quantitative estimate of drug-likeness (QED) is 0.801. The normalized spacial score (nSPS) is 17.4. The van der Waals surface area contributed by atoms with E-state index in [2.05, 4.69) is 26.0 Å². The van der Waals surface area contributed by atoms with Gasteiger partial charge in [-0.15, -0.1) is 0 Å². The third-order valence-electron chi connectivity index (χ3n) is 3.79. The predicted molar refractivity (Wildman–Crippen MR) is 84.7 cm³/mol. The first-order valence-corrected chi connectivity index (χ1v) is 7.98. The van der Waals surface area contributed by atoms with Gasteiger partial charge in [0.05, 0.1) is 6.61 Å². The molecule has 1 aliphatic rings. The number of hydrogen-bond acceptors (Lipinski definition) is 2. The summed E-state index contributed by atoms with van der Waals surface area (Å²) in [4.78, 5) is 11.9. The average Bonchev–Trinajstić information content (AvgIpc) is 2.61. The highest BCUT2D eigenvalue weighted by Gasteiger charge is 2.24. The number of Topliss-reactive ketones (excluding diaryl/α,β-unsaturated/α-hetero) is 1. The lowest BCUT2D eigenvalue weighted by molar-refractivity contribution is -0.120. The molecule has 0 aliphatic carbocycles. The zero-order valence-corrected chi connectivity index (χ0v) is 13.6. The van der Waals surface area contributed by atoms with Crippen molar-refractivity contribution in [2.75, 3.05) is 6.61 Å². The van der Waals surface area contributed by atoms with Crippen LogP contribution in [0.3, 0.4) is 0 Å². The molecule has 0 N–H and O–H groups in total. The molecule has 2 nitrogen and oxygen atoms in total. The van der Waals surface area contributed by atoms with E-state index in [0.717, 1.165) is 30.6 Å². The molecule has 112 valence electrons. The first-order chi connectivity index (χ1) is 9.67. The van der Waals surface area contributed by atoms with Gasteiger partial charge in [0.15, 0.2) is 0 Å². The number of ketones is 1. The number of aryl methyl sites for hydroxylation is 2. The molecule has 0 saturated carbocycles. The van der Waals surface area contributed by atoms with Crippen LogP contribution in [0.4, 0.5) is 0 Å². The third-order valence-corrected chi connectivity index (χ3v) is 3.79. The van der Waals surface area contributed by atoms with Crippen molar-refractivity contribution < 1.29 is 9.53 Å². The molecule has 1 aromatic rings. The van der Waals surface area contributed by atoms with Crippen molar-refractivity contribution in [1.29, 1.82) is 0 Å². The number of ether oxygens (including phenoxy) is 1. The van der Waals surface area contributed by atoms with E-state index in [4.69, 9.17) is 4.74 Å². The van der Waals surface area contributed by atoms with Crippen LogP contribution in [0, 0.1) is 0 Å². The van der Waals surface area contributed by atoms with Gasteiger partial charge < -0.3 is 4.74 Å². The van der Waals surface area contributed by atoms with Gasteiger partial charge in [-0.3, -0.25) is 4.79 Å². The fraction of sp³-hybridized carbons (Fsp3) is 0.611. The maximum atomic E-state index is 11.9. The lowest BCUT2D eigenvalue weighted by atomic mass is 9.90. The summed E-state index contributed by atoms with van der Waals surface area (Å²) in [6.45, 7) is 10.9. The molecule has 0 radical (unpaired) electrons. The molecule has 1 aliphatic heterocycles. The second-order valence-corrected chi connectivity index (χ2v) is 5.05. The molecule has 1 atom stereocenters. The molecule has 1 heterocycles. The summed E-state index contributed by atoms with van der Waals surface area (Å²) in [5.74, 6) is 1.19. The van der Waals surface area contributed by atoms with E-state index >= 15 is 0 Å². The van der Waals surface area contributed by atoms with E-state index in [-0.39, 0.29) is 5.92 Å². The molecule has 20 heavy (non-hydrogen) atoms. The number of carbonyl (C=O) groups is 1. The Hall–Kier alpha value is -1.31. The van der Waals surface area contributed by atoms with E-state index in [1.165, 1.54) is 11.1 Å². The monoisotopic (exact) mass is 276 g/mol. The highest BCUT2D eigenvalue weighted by molar-refractivity contribution is 5.86. The number of carbonyl (C=O) groups excluding carboxylic acids is 1. The van der Waals surface area contributed by atoms with Crippen LogP contribution in [-0.2, 0) is 17.6 Å². The number of hydrogen-bond donors (Lipinski definition) is 0. The van der Waals surface area contributed by atoms with Gasteiger partial charge in [-0.1, -0.05) is 47.1 Å². The fourth-order valence-corrected chi connectivity index (χ4v) is 2.63. The molecule has 0 amide bonds. The summed E-state index contributed by atoms with van der Waals surface area (Å²) in [6, 6.07) is 4.35. The number of benzene rings is 1. The fourth-order valence-electron chi connectivity index (χ4n) is 2.63. The number of fused-ring (bicyclic) bond motifs is 1. The van der Waals surface area contributed by atoms with Crippen LogP contribution >= 0.6 is 0 Å². The van der Waals surface area contributed by atoms with Gasteiger partial charge in [-0.2, -0.15) is 0 Å². The van der Waals surface area contributed by atoms with Gasteiger partial charge in [0, 0.05) is 17.9 Å². The summed E-state index contributed by atoms with van der Waals surface area (Å²) in [5, 5.41) is 0. The Morgan fingerprint density at radius 3 is 2.50 bits per heavy atom. The van der Waals surface area contributed by atoms with E-state index in [0.29, 0.717) is 18.8 Å². The molecule has 0 spiro atoms. The first kappa shape index (κ1) is 16.7. The second kappa shape index (κ2) is 8.08. The Bertz CT molecular complexity index is 449. The van der Waals surface area contributed by atoms with E-state index in [1.54, 1.807) is 0 Å². The van der Waals surface area contributed by atoms with Gasteiger partial charge in [-0.25, -0.2) is 0 Å². The van der Waals surface area contributed by atoms with Crippen molar-refractivity contribution >= 4 is 5.78 Å². The Morgan fingerprint density at radius 2 is 1.90 bits per heavy atom. The summed E-state index contributed by atoms with van der Waals surface area (Å²) < 4.78 is 5.74. The largest absolute Gasteiger partial charge is 0.493 e. The van der Waals surface area contributed by atoms with Crippen molar-refractivity contribution in [3.8, 4) is 5.75 Å². The van der Waals surface area contributed by atoms with Gasteiger partial charge in [0.25, 0.3) is 0 Å². The summed E-state index contributed by atoms with van der Waals surface area (Å²) in [5.41, 5.74) is 3.82. The zero-order chi connectivity index (χ0) is 15.1. The Balaban J connectivity index is 0.000000956. The minimum atomic E-state index is -0.0241. The summed E-state index contributed by atoms with van der Waals surface area (Å²) in [7, 11) is 0.